The molecule has 1 aromatic carbocycles. The van der Waals surface area contributed by atoms with E-state index in [0.717, 1.165) is 12.1 Å². The third-order valence-corrected chi connectivity index (χ3v) is 5.22. The number of aromatic nitrogens is 3. The number of ether oxygens (including phenoxy) is 1. The minimum absolute atomic E-state index is 0.0282. The molecule has 2 heterocycles. The zero-order valence-corrected chi connectivity index (χ0v) is 15.7. The van der Waals surface area contributed by atoms with Crippen LogP contribution in [0.15, 0.2) is 33.7 Å². The van der Waals surface area contributed by atoms with Crippen molar-refractivity contribution in [3.8, 4) is 17.2 Å². The number of para-hydroxylation sites is 2. The van der Waals surface area contributed by atoms with E-state index in [1.54, 1.807) is 13.8 Å². The number of nitrogens with one attached hydrogen (secondary N) is 2. The van der Waals surface area contributed by atoms with Gasteiger partial charge in [-0.15, -0.1) is 13.2 Å². The average molecular weight is 416 g/mol. The van der Waals surface area contributed by atoms with Gasteiger partial charge in [0.15, 0.2) is 11.6 Å². The van der Waals surface area contributed by atoms with Crippen molar-refractivity contribution >= 4 is 15.7 Å². The van der Waals surface area contributed by atoms with Crippen LogP contribution in [0.2, 0.25) is 0 Å². The van der Waals surface area contributed by atoms with Gasteiger partial charge in [-0.3, -0.25) is 4.72 Å². The van der Waals surface area contributed by atoms with Crippen LogP contribution in [0.25, 0.3) is 11.5 Å². The summed E-state index contributed by atoms with van der Waals surface area (Å²) in [5, 5.41) is 3.64. The van der Waals surface area contributed by atoms with Crippen molar-refractivity contribution in [2.45, 2.75) is 32.0 Å². The van der Waals surface area contributed by atoms with Crippen molar-refractivity contribution in [1.29, 1.82) is 0 Å². The van der Waals surface area contributed by atoms with E-state index in [1.165, 1.54) is 19.1 Å². The number of sulfonamides is 1. The summed E-state index contributed by atoms with van der Waals surface area (Å²) in [6.07, 6.45) is -4.98. The number of alkyl halides is 3. The second kappa shape index (κ2) is 6.86. The Labute approximate surface area is 157 Å². The Morgan fingerprint density at radius 3 is 2.43 bits per heavy atom. The maximum atomic E-state index is 13.0. The van der Waals surface area contributed by atoms with E-state index in [1.807, 2.05) is 0 Å². The highest BCUT2D eigenvalue weighted by atomic mass is 32.2. The predicted octanol–water partition coefficient (Wildman–Crippen LogP) is 3.69. The molecule has 0 amide bonds. The van der Waals surface area contributed by atoms with Crippen LogP contribution < -0.4 is 9.46 Å². The van der Waals surface area contributed by atoms with Crippen molar-refractivity contribution in [2.24, 2.45) is 0 Å². The van der Waals surface area contributed by atoms with Crippen LogP contribution in [0.4, 0.5) is 18.9 Å². The van der Waals surface area contributed by atoms with Crippen LogP contribution in [-0.4, -0.2) is 29.9 Å². The van der Waals surface area contributed by atoms with Gasteiger partial charge in [0.2, 0.25) is 0 Å². The molecule has 0 aliphatic rings. The van der Waals surface area contributed by atoms with Gasteiger partial charge in [-0.1, -0.05) is 17.3 Å². The summed E-state index contributed by atoms with van der Waals surface area (Å²) in [5.74, 6) is -0.410. The number of H-pyrrole nitrogens is 1. The first-order valence-corrected chi connectivity index (χ1v) is 9.33. The molecule has 3 rings (SSSR count). The number of halogens is 3. The summed E-state index contributed by atoms with van der Waals surface area (Å²) in [5.41, 5.74) is 0.469. The van der Waals surface area contributed by atoms with Crippen molar-refractivity contribution in [1.82, 2.24) is 15.1 Å². The molecule has 2 N–H and O–H groups in total. The van der Waals surface area contributed by atoms with Gasteiger partial charge in [-0.2, -0.15) is 4.98 Å². The number of nitrogens with zero attached hydrogens (tertiary/aromatic N) is 2. The minimum atomic E-state index is -4.98. The van der Waals surface area contributed by atoms with Crippen LogP contribution >= 0.6 is 0 Å². The molecule has 8 nitrogen and oxygen atoms in total. The van der Waals surface area contributed by atoms with Gasteiger partial charge in [-0.25, -0.2) is 8.42 Å². The van der Waals surface area contributed by atoms with Crippen LogP contribution in [0.1, 0.15) is 17.2 Å². The summed E-state index contributed by atoms with van der Waals surface area (Å²) in [7, 11) is -4.33. The Kier molecular flexibility index (Phi) is 4.83. The molecular weight excluding hydrogens is 401 g/mol. The first kappa shape index (κ1) is 19.7. The highest BCUT2D eigenvalue weighted by molar-refractivity contribution is 7.93. The largest absolute Gasteiger partial charge is 0.573 e. The summed E-state index contributed by atoms with van der Waals surface area (Å²) in [4.78, 5) is 6.70. The standard InChI is InChI=1S/C16H15F3N4O4S/c1-8-13(15-21-10(3)22-27-15)14(9(2)20-8)28(24,25)23-11-6-4-5-7-12(11)26-16(17,18)19/h4-7,20,23H,1-3H3. The molecule has 0 bridgehead atoms. The summed E-state index contributed by atoms with van der Waals surface area (Å²) < 4.78 is 74.9. The van der Waals surface area contributed by atoms with Crippen LogP contribution in [0.5, 0.6) is 5.75 Å². The number of aromatic amines is 1. The fourth-order valence-electron chi connectivity index (χ4n) is 2.71. The molecule has 150 valence electrons. The van der Waals surface area contributed by atoms with E-state index in [9.17, 15) is 21.6 Å². The van der Waals surface area contributed by atoms with E-state index in [2.05, 4.69) is 24.6 Å². The summed E-state index contributed by atoms with van der Waals surface area (Å²) in [6.45, 7) is 4.69. The molecule has 28 heavy (non-hydrogen) atoms. The van der Waals surface area contributed by atoms with Crippen LogP contribution in [0, 0.1) is 20.8 Å². The highest BCUT2D eigenvalue weighted by Gasteiger charge is 2.34. The second-order valence-electron chi connectivity index (χ2n) is 5.88. The van der Waals surface area contributed by atoms with Gasteiger partial charge in [-0.05, 0) is 32.9 Å². The number of anilines is 1. The van der Waals surface area contributed by atoms with E-state index in [0.29, 0.717) is 11.5 Å². The lowest BCUT2D eigenvalue weighted by Crippen LogP contribution is -2.20. The molecule has 0 radical (unpaired) electrons. The molecular formula is C16H15F3N4O4S. The predicted molar refractivity (Wildman–Crippen MR) is 92.2 cm³/mol. The van der Waals surface area contributed by atoms with Gasteiger partial charge in [0.1, 0.15) is 4.90 Å². The minimum Gasteiger partial charge on any atom is -0.404 e. The smallest absolute Gasteiger partial charge is 0.404 e. The third-order valence-electron chi connectivity index (χ3n) is 3.68. The van der Waals surface area contributed by atoms with Crippen molar-refractivity contribution in [3.05, 3.63) is 41.5 Å². The average Bonchev–Trinajstić information content (AvgIpc) is 3.10. The Morgan fingerprint density at radius 1 is 1.14 bits per heavy atom. The Bertz CT molecular complexity index is 1120. The van der Waals surface area contributed by atoms with E-state index < -0.39 is 22.1 Å². The SMILES string of the molecule is Cc1noc(-c2c(C)[nH]c(C)c2S(=O)(=O)Nc2ccccc2OC(F)(F)F)n1. The first-order chi connectivity index (χ1) is 13.0. The Hall–Kier alpha value is -3.02. The molecule has 12 heteroatoms. The van der Waals surface area contributed by atoms with Crippen molar-refractivity contribution < 1.29 is 30.8 Å². The topological polar surface area (TPSA) is 110 Å². The number of aryl methyl sites for hydroxylation is 3. The molecule has 0 saturated carbocycles. The summed E-state index contributed by atoms with van der Waals surface area (Å²) in [6, 6.07) is 4.82. The van der Waals surface area contributed by atoms with Gasteiger partial charge in [0.25, 0.3) is 15.9 Å². The zero-order valence-electron chi connectivity index (χ0n) is 14.9. The van der Waals surface area contributed by atoms with E-state index >= 15 is 0 Å². The molecule has 2 aromatic heterocycles. The molecule has 0 unspecified atom stereocenters. The lowest BCUT2D eigenvalue weighted by Gasteiger charge is -2.15. The number of hydrogen-bond acceptors (Lipinski definition) is 6. The van der Waals surface area contributed by atoms with E-state index in [4.69, 9.17) is 4.52 Å². The number of benzene rings is 1. The molecule has 0 spiro atoms. The molecule has 0 saturated heterocycles. The zero-order chi connectivity index (χ0) is 20.7. The van der Waals surface area contributed by atoms with Gasteiger partial charge in [0.05, 0.1) is 11.3 Å². The van der Waals surface area contributed by atoms with Crippen molar-refractivity contribution in [3.63, 3.8) is 0 Å². The fraction of sp³-hybridized carbons (Fsp3) is 0.250. The molecule has 3 aromatic rings. The maximum absolute atomic E-state index is 13.0. The highest BCUT2D eigenvalue weighted by Crippen LogP contribution is 2.36. The molecule has 0 aliphatic carbocycles. The molecule has 0 aliphatic heterocycles. The van der Waals surface area contributed by atoms with Gasteiger partial charge in [0, 0.05) is 11.4 Å². The quantitative estimate of drug-likeness (QED) is 0.656. The van der Waals surface area contributed by atoms with Crippen LogP contribution in [0.3, 0.4) is 0 Å². The summed E-state index contributed by atoms with van der Waals surface area (Å²) >= 11 is 0. The van der Waals surface area contributed by atoms with Gasteiger partial charge < -0.3 is 14.2 Å². The molecule has 0 fully saturated rings. The Balaban J connectivity index is 2.07. The number of rotatable bonds is 5. The monoisotopic (exact) mass is 416 g/mol. The Morgan fingerprint density at radius 2 is 1.82 bits per heavy atom. The third kappa shape index (κ3) is 3.96. The lowest BCUT2D eigenvalue weighted by atomic mass is 10.2. The fourth-order valence-corrected chi connectivity index (χ4v) is 4.23. The van der Waals surface area contributed by atoms with Crippen LogP contribution in [-0.2, 0) is 10.0 Å². The number of hydrogen-bond donors (Lipinski definition) is 2. The second-order valence-corrected chi connectivity index (χ2v) is 7.49. The maximum Gasteiger partial charge on any atom is 0.573 e. The van der Waals surface area contributed by atoms with E-state index in [-0.39, 0.29) is 27.7 Å². The van der Waals surface area contributed by atoms with Crippen molar-refractivity contribution in [2.75, 3.05) is 4.72 Å². The normalized spacial score (nSPS) is 12.2. The lowest BCUT2D eigenvalue weighted by molar-refractivity contribution is -0.274. The molecule has 0 atom stereocenters. The van der Waals surface area contributed by atoms with Gasteiger partial charge >= 0.3 is 6.36 Å². The first-order valence-electron chi connectivity index (χ1n) is 7.85.